The molecule has 1 heterocycles. The Morgan fingerprint density at radius 1 is 1.33 bits per heavy atom. The van der Waals surface area contributed by atoms with E-state index in [4.69, 9.17) is 4.74 Å². The summed E-state index contributed by atoms with van der Waals surface area (Å²) < 4.78 is 18.7. The Hall–Kier alpha value is -1.17. The Kier molecular flexibility index (Phi) is 5.96. The fourth-order valence-corrected chi connectivity index (χ4v) is 2.75. The predicted octanol–water partition coefficient (Wildman–Crippen LogP) is 2.33. The number of ether oxygens (including phenoxy) is 1. The average molecular weight is 296 g/mol. The standard InChI is InChI=1S/C16H25FN2O2/c1-12-6-5-7-13(2)19(12)18-10-14(20)11-21-16-9-4-3-8-15(16)17/h3-4,8-9,12-14,18,20H,5-7,10-11H2,1-2H3. The van der Waals surface area contributed by atoms with E-state index in [1.54, 1.807) is 18.2 Å². The molecule has 1 aromatic carbocycles. The van der Waals surface area contributed by atoms with Gasteiger partial charge in [-0.2, -0.15) is 0 Å². The van der Waals surface area contributed by atoms with E-state index in [1.807, 2.05) is 0 Å². The van der Waals surface area contributed by atoms with E-state index < -0.39 is 11.9 Å². The molecule has 1 fully saturated rings. The highest BCUT2D eigenvalue weighted by atomic mass is 19.1. The smallest absolute Gasteiger partial charge is 0.165 e. The molecule has 2 N–H and O–H groups in total. The summed E-state index contributed by atoms with van der Waals surface area (Å²) in [4.78, 5) is 0. The molecular weight excluding hydrogens is 271 g/mol. The summed E-state index contributed by atoms with van der Waals surface area (Å²) in [5, 5.41) is 12.2. The van der Waals surface area contributed by atoms with Crippen molar-refractivity contribution in [2.75, 3.05) is 13.2 Å². The number of halogens is 1. The van der Waals surface area contributed by atoms with E-state index in [0.29, 0.717) is 18.6 Å². The van der Waals surface area contributed by atoms with Gasteiger partial charge in [-0.05, 0) is 38.8 Å². The zero-order valence-corrected chi connectivity index (χ0v) is 12.8. The molecule has 1 saturated heterocycles. The molecule has 0 amide bonds. The third-order valence-corrected chi connectivity index (χ3v) is 3.97. The second-order valence-corrected chi connectivity index (χ2v) is 5.79. The number of piperidine rings is 1. The number of hydrazine groups is 1. The van der Waals surface area contributed by atoms with Crippen LogP contribution in [0.3, 0.4) is 0 Å². The van der Waals surface area contributed by atoms with Gasteiger partial charge in [0.15, 0.2) is 11.6 Å². The second-order valence-electron chi connectivity index (χ2n) is 5.79. The molecule has 1 aromatic rings. The van der Waals surface area contributed by atoms with Crippen molar-refractivity contribution in [2.24, 2.45) is 0 Å². The number of benzene rings is 1. The van der Waals surface area contributed by atoms with Crippen molar-refractivity contribution in [3.8, 4) is 5.75 Å². The number of hydrogen-bond donors (Lipinski definition) is 2. The number of nitrogens with zero attached hydrogens (tertiary/aromatic N) is 1. The lowest BCUT2D eigenvalue weighted by Gasteiger charge is -2.39. The summed E-state index contributed by atoms with van der Waals surface area (Å²) in [5.74, 6) is -0.229. The summed E-state index contributed by atoms with van der Waals surface area (Å²) in [5.41, 5.74) is 3.28. The molecule has 0 spiro atoms. The van der Waals surface area contributed by atoms with Gasteiger partial charge in [0, 0.05) is 18.6 Å². The van der Waals surface area contributed by atoms with Gasteiger partial charge in [-0.3, -0.25) is 5.43 Å². The third kappa shape index (κ3) is 4.66. The molecule has 1 aliphatic heterocycles. The summed E-state index contributed by atoms with van der Waals surface area (Å²) in [7, 11) is 0. The highest BCUT2D eigenvalue weighted by Gasteiger charge is 2.24. The molecule has 21 heavy (non-hydrogen) atoms. The van der Waals surface area contributed by atoms with Crippen molar-refractivity contribution >= 4 is 0 Å². The first-order valence-electron chi connectivity index (χ1n) is 7.65. The van der Waals surface area contributed by atoms with Gasteiger partial charge in [0.2, 0.25) is 0 Å². The topological polar surface area (TPSA) is 44.7 Å². The third-order valence-electron chi connectivity index (χ3n) is 3.97. The Morgan fingerprint density at radius 2 is 2.00 bits per heavy atom. The minimum absolute atomic E-state index is 0.0739. The number of aliphatic hydroxyl groups excluding tert-OH is 1. The number of para-hydroxylation sites is 1. The molecule has 0 aliphatic carbocycles. The fourth-order valence-electron chi connectivity index (χ4n) is 2.75. The van der Waals surface area contributed by atoms with Crippen molar-refractivity contribution in [3.05, 3.63) is 30.1 Å². The van der Waals surface area contributed by atoms with Crippen molar-refractivity contribution in [3.63, 3.8) is 0 Å². The van der Waals surface area contributed by atoms with E-state index in [-0.39, 0.29) is 12.4 Å². The molecule has 118 valence electrons. The van der Waals surface area contributed by atoms with Crippen LogP contribution < -0.4 is 10.2 Å². The van der Waals surface area contributed by atoms with Crippen molar-refractivity contribution in [1.29, 1.82) is 0 Å². The summed E-state index contributed by atoms with van der Waals surface area (Å²) in [6.07, 6.45) is 2.91. The molecule has 0 aromatic heterocycles. The van der Waals surface area contributed by atoms with Gasteiger partial charge in [-0.15, -0.1) is 0 Å². The Balaban J connectivity index is 1.74. The maximum absolute atomic E-state index is 13.4. The first-order chi connectivity index (χ1) is 10.1. The van der Waals surface area contributed by atoms with Crippen LogP contribution in [0.4, 0.5) is 4.39 Å². The minimum Gasteiger partial charge on any atom is -0.488 e. The lowest BCUT2D eigenvalue weighted by atomic mass is 10.00. The van der Waals surface area contributed by atoms with Crippen molar-refractivity contribution in [2.45, 2.75) is 51.3 Å². The van der Waals surface area contributed by atoms with Gasteiger partial charge < -0.3 is 9.84 Å². The van der Waals surface area contributed by atoms with Crippen LogP contribution in [0.2, 0.25) is 0 Å². The molecule has 3 atom stereocenters. The van der Waals surface area contributed by atoms with Gasteiger partial charge in [0.1, 0.15) is 12.7 Å². The van der Waals surface area contributed by atoms with Gasteiger partial charge in [-0.25, -0.2) is 9.40 Å². The molecule has 0 radical (unpaired) electrons. The lowest BCUT2D eigenvalue weighted by molar-refractivity contribution is 0.0167. The normalized spacial score (nSPS) is 24.8. The second kappa shape index (κ2) is 7.73. The summed E-state index contributed by atoms with van der Waals surface area (Å²) >= 11 is 0. The van der Waals surface area contributed by atoms with Gasteiger partial charge >= 0.3 is 0 Å². The molecule has 5 heteroatoms. The lowest BCUT2D eigenvalue weighted by Crippen LogP contribution is -2.54. The molecule has 0 saturated carbocycles. The average Bonchev–Trinajstić information content (AvgIpc) is 2.46. The highest BCUT2D eigenvalue weighted by Crippen LogP contribution is 2.20. The van der Waals surface area contributed by atoms with E-state index in [1.165, 1.54) is 25.3 Å². The first-order valence-corrected chi connectivity index (χ1v) is 7.65. The first kappa shape index (κ1) is 16.2. The van der Waals surface area contributed by atoms with Crippen molar-refractivity contribution < 1.29 is 14.2 Å². The SMILES string of the molecule is CC1CCCC(C)N1NCC(O)COc1ccccc1F. The Morgan fingerprint density at radius 3 is 2.67 bits per heavy atom. The maximum Gasteiger partial charge on any atom is 0.165 e. The van der Waals surface area contributed by atoms with Gasteiger partial charge in [-0.1, -0.05) is 18.6 Å². The fraction of sp³-hybridized carbons (Fsp3) is 0.625. The van der Waals surface area contributed by atoms with Crippen LogP contribution in [0, 0.1) is 5.82 Å². The van der Waals surface area contributed by atoms with Crippen LogP contribution in [-0.2, 0) is 0 Å². The predicted molar refractivity (Wildman–Crippen MR) is 80.5 cm³/mol. The number of nitrogens with one attached hydrogen (secondary N) is 1. The Labute approximate surface area is 125 Å². The van der Waals surface area contributed by atoms with Crippen LogP contribution in [0.5, 0.6) is 5.75 Å². The van der Waals surface area contributed by atoms with Crippen LogP contribution in [0.15, 0.2) is 24.3 Å². The zero-order chi connectivity index (χ0) is 15.2. The minimum atomic E-state index is -0.675. The van der Waals surface area contributed by atoms with E-state index in [2.05, 4.69) is 24.3 Å². The highest BCUT2D eigenvalue weighted by molar-refractivity contribution is 5.23. The van der Waals surface area contributed by atoms with E-state index in [9.17, 15) is 9.50 Å². The molecule has 3 unspecified atom stereocenters. The summed E-state index contributed by atoms with van der Waals surface area (Å²) in [6, 6.07) is 7.16. The quantitative estimate of drug-likeness (QED) is 0.846. The van der Waals surface area contributed by atoms with E-state index >= 15 is 0 Å². The number of rotatable bonds is 6. The largest absolute Gasteiger partial charge is 0.488 e. The van der Waals surface area contributed by atoms with E-state index in [0.717, 1.165) is 0 Å². The monoisotopic (exact) mass is 296 g/mol. The molecule has 2 rings (SSSR count). The number of aliphatic hydroxyl groups is 1. The molecule has 0 bridgehead atoms. The van der Waals surface area contributed by atoms with Gasteiger partial charge in [0.05, 0.1) is 0 Å². The molecular formula is C16H25FN2O2. The van der Waals surface area contributed by atoms with Crippen LogP contribution >= 0.6 is 0 Å². The zero-order valence-electron chi connectivity index (χ0n) is 12.8. The molecule has 1 aliphatic rings. The summed E-state index contributed by atoms with van der Waals surface area (Å²) in [6.45, 7) is 4.85. The number of hydrogen-bond acceptors (Lipinski definition) is 4. The Bertz CT molecular complexity index is 434. The maximum atomic E-state index is 13.4. The van der Waals surface area contributed by atoms with Crippen LogP contribution in [-0.4, -0.2) is 41.5 Å². The van der Waals surface area contributed by atoms with Gasteiger partial charge in [0.25, 0.3) is 0 Å². The van der Waals surface area contributed by atoms with Crippen molar-refractivity contribution in [1.82, 2.24) is 10.4 Å². The van der Waals surface area contributed by atoms with Crippen LogP contribution in [0.25, 0.3) is 0 Å². The van der Waals surface area contributed by atoms with Crippen LogP contribution in [0.1, 0.15) is 33.1 Å². The molecule has 4 nitrogen and oxygen atoms in total.